The molecule has 0 heterocycles. The molecule has 3 heteroatoms. The van der Waals surface area contributed by atoms with Crippen LogP contribution in [-0.2, 0) is 0 Å². The van der Waals surface area contributed by atoms with Crippen LogP contribution in [0.1, 0.15) is 0 Å². The van der Waals surface area contributed by atoms with Gasteiger partial charge in [0.2, 0.25) is 0 Å². The Morgan fingerprint density at radius 2 is 1.75 bits per heavy atom. The Labute approximate surface area is 103 Å². The Hall–Kier alpha value is -1.48. The highest BCUT2D eigenvalue weighted by atomic mass is 79.9. The van der Waals surface area contributed by atoms with Crippen molar-refractivity contribution in [2.24, 2.45) is 0 Å². The minimum absolute atomic E-state index is 0.266. The zero-order valence-corrected chi connectivity index (χ0v) is 10.4. The lowest BCUT2D eigenvalue weighted by molar-refractivity contribution is 0.415. The lowest BCUT2D eigenvalue weighted by atomic mass is 10.1. The molecule has 0 aliphatic rings. The van der Waals surface area contributed by atoms with Gasteiger partial charge in [-0.2, -0.15) is 0 Å². The van der Waals surface area contributed by atoms with Crippen LogP contribution in [0.5, 0.6) is 11.5 Å². The summed E-state index contributed by atoms with van der Waals surface area (Å²) in [6.07, 6.45) is 0. The van der Waals surface area contributed by atoms with E-state index in [1.165, 1.54) is 0 Å². The van der Waals surface area contributed by atoms with Gasteiger partial charge in [0.25, 0.3) is 0 Å². The first-order valence-corrected chi connectivity index (χ1v) is 5.63. The third kappa shape index (κ3) is 2.19. The van der Waals surface area contributed by atoms with Crippen LogP contribution in [-0.4, -0.2) is 12.2 Å². The Balaban J connectivity index is 2.50. The highest BCUT2D eigenvalue weighted by Crippen LogP contribution is 2.32. The smallest absolute Gasteiger partial charge is 0.119 e. The van der Waals surface area contributed by atoms with Crippen molar-refractivity contribution in [2.75, 3.05) is 7.11 Å². The highest BCUT2D eigenvalue weighted by molar-refractivity contribution is 9.10. The molecule has 0 bridgehead atoms. The van der Waals surface area contributed by atoms with Gasteiger partial charge in [-0.1, -0.05) is 28.1 Å². The predicted octanol–water partition coefficient (Wildman–Crippen LogP) is 3.83. The van der Waals surface area contributed by atoms with E-state index in [0.717, 1.165) is 21.3 Å². The summed E-state index contributed by atoms with van der Waals surface area (Å²) < 4.78 is 6.18. The van der Waals surface area contributed by atoms with E-state index in [1.54, 1.807) is 19.2 Å². The van der Waals surface area contributed by atoms with Crippen LogP contribution in [0.4, 0.5) is 0 Å². The number of phenols is 1. The zero-order chi connectivity index (χ0) is 11.5. The molecule has 0 atom stereocenters. The van der Waals surface area contributed by atoms with Crippen LogP contribution in [0, 0.1) is 0 Å². The molecule has 2 rings (SSSR count). The molecule has 1 N–H and O–H groups in total. The quantitative estimate of drug-likeness (QED) is 0.905. The first kappa shape index (κ1) is 11.0. The van der Waals surface area contributed by atoms with E-state index < -0.39 is 0 Å². The van der Waals surface area contributed by atoms with E-state index >= 15 is 0 Å². The lowest BCUT2D eigenvalue weighted by Gasteiger charge is -2.07. The average Bonchev–Trinajstić information content (AvgIpc) is 2.31. The lowest BCUT2D eigenvalue weighted by Crippen LogP contribution is -1.85. The Morgan fingerprint density at radius 3 is 2.38 bits per heavy atom. The molecule has 0 amide bonds. The minimum Gasteiger partial charge on any atom is -0.508 e. The number of benzene rings is 2. The molecular weight excluding hydrogens is 268 g/mol. The van der Waals surface area contributed by atoms with E-state index in [-0.39, 0.29) is 5.75 Å². The van der Waals surface area contributed by atoms with Crippen molar-refractivity contribution in [3.8, 4) is 22.6 Å². The Kier molecular flexibility index (Phi) is 3.15. The SMILES string of the molecule is COc1ccc(Br)c(-c2ccc(O)cc2)c1. The largest absolute Gasteiger partial charge is 0.508 e. The first-order valence-electron chi connectivity index (χ1n) is 4.83. The maximum absolute atomic E-state index is 9.24. The maximum atomic E-state index is 9.24. The van der Waals surface area contributed by atoms with Crippen molar-refractivity contribution in [1.82, 2.24) is 0 Å². The van der Waals surface area contributed by atoms with Gasteiger partial charge in [0.15, 0.2) is 0 Å². The molecule has 0 aliphatic heterocycles. The van der Waals surface area contributed by atoms with Crippen molar-refractivity contribution in [3.63, 3.8) is 0 Å². The van der Waals surface area contributed by atoms with Crippen LogP contribution >= 0.6 is 15.9 Å². The summed E-state index contributed by atoms with van der Waals surface area (Å²) in [6, 6.07) is 12.9. The molecule has 2 nitrogen and oxygen atoms in total. The van der Waals surface area contributed by atoms with E-state index in [2.05, 4.69) is 15.9 Å². The van der Waals surface area contributed by atoms with Gasteiger partial charge in [0.05, 0.1) is 7.11 Å². The number of phenolic OH excluding ortho intramolecular Hbond substituents is 1. The molecule has 2 aromatic carbocycles. The van der Waals surface area contributed by atoms with Crippen LogP contribution in [0.2, 0.25) is 0 Å². The van der Waals surface area contributed by atoms with E-state index in [0.29, 0.717) is 0 Å². The van der Waals surface area contributed by atoms with Crippen molar-refractivity contribution in [2.45, 2.75) is 0 Å². The molecule has 16 heavy (non-hydrogen) atoms. The molecule has 0 aliphatic carbocycles. The second-order valence-electron chi connectivity index (χ2n) is 3.39. The molecule has 2 aromatic rings. The molecule has 0 saturated heterocycles. The molecule has 0 radical (unpaired) electrons. The van der Waals surface area contributed by atoms with Crippen LogP contribution in [0.25, 0.3) is 11.1 Å². The summed E-state index contributed by atoms with van der Waals surface area (Å²) in [5.41, 5.74) is 2.07. The Morgan fingerprint density at radius 1 is 1.06 bits per heavy atom. The normalized spacial score (nSPS) is 10.1. The summed E-state index contributed by atoms with van der Waals surface area (Å²) in [6.45, 7) is 0. The van der Waals surface area contributed by atoms with Crippen LogP contribution in [0.3, 0.4) is 0 Å². The van der Waals surface area contributed by atoms with Crippen molar-refractivity contribution in [3.05, 3.63) is 46.9 Å². The fraction of sp³-hybridized carbons (Fsp3) is 0.0769. The number of methoxy groups -OCH3 is 1. The third-order valence-corrected chi connectivity index (χ3v) is 3.04. The van der Waals surface area contributed by atoms with Gasteiger partial charge in [-0.15, -0.1) is 0 Å². The number of aromatic hydroxyl groups is 1. The predicted molar refractivity (Wildman–Crippen MR) is 67.8 cm³/mol. The monoisotopic (exact) mass is 278 g/mol. The molecule has 0 aromatic heterocycles. The summed E-state index contributed by atoms with van der Waals surface area (Å²) >= 11 is 3.50. The number of rotatable bonds is 2. The van der Waals surface area contributed by atoms with E-state index in [4.69, 9.17) is 4.74 Å². The summed E-state index contributed by atoms with van der Waals surface area (Å²) in [7, 11) is 1.64. The van der Waals surface area contributed by atoms with Gasteiger partial charge >= 0.3 is 0 Å². The zero-order valence-electron chi connectivity index (χ0n) is 8.77. The van der Waals surface area contributed by atoms with Gasteiger partial charge in [-0.3, -0.25) is 0 Å². The number of hydrogen-bond acceptors (Lipinski definition) is 2. The van der Waals surface area contributed by atoms with Crippen molar-refractivity contribution >= 4 is 15.9 Å². The standard InChI is InChI=1S/C13H11BrO2/c1-16-11-6-7-13(14)12(8-11)9-2-4-10(15)5-3-9/h2-8,15H,1H3. The average molecular weight is 279 g/mol. The second kappa shape index (κ2) is 4.58. The third-order valence-electron chi connectivity index (χ3n) is 2.35. The molecule has 0 unspecified atom stereocenters. The number of halogens is 1. The summed E-state index contributed by atoms with van der Waals surface area (Å²) in [5, 5.41) is 9.24. The van der Waals surface area contributed by atoms with Gasteiger partial charge in [-0.25, -0.2) is 0 Å². The van der Waals surface area contributed by atoms with Gasteiger partial charge in [0, 0.05) is 4.47 Å². The Bertz CT molecular complexity index is 492. The van der Waals surface area contributed by atoms with Crippen molar-refractivity contribution in [1.29, 1.82) is 0 Å². The molecule has 0 spiro atoms. The van der Waals surface area contributed by atoms with E-state index in [9.17, 15) is 5.11 Å². The van der Waals surface area contributed by atoms with Gasteiger partial charge < -0.3 is 9.84 Å². The van der Waals surface area contributed by atoms with Gasteiger partial charge in [-0.05, 0) is 41.5 Å². The summed E-state index contributed by atoms with van der Waals surface area (Å²) in [4.78, 5) is 0. The van der Waals surface area contributed by atoms with Crippen LogP contribution in [0.15, 0.2) is 46.9 Å². The molecule has 0 fully saturated rings. The fourth-order valence-corrected chi connectivity index (χ4v) is 1.97. The topological polar surface area (TPSA) is 29.5 Å². The molecule has 0 saturated carbocycles. The number of hydrogen-bond donors (Lipinski definition) is 1. The van der Waals surface area contributed by atoms with Crippen molar-refractivity contribution < 1.29 is 9.84 Å². The van der Waals surface area contributed by atoms with Crippen LogP contribution < -0.4 is 4.74 Å². The molecular formula is C13H11BrO2. The summed E-state index contributed by atoms with van der Waals surface area (Å²) in [5.74, 6) is 1.08. The van der Waals surface area contributed by atoms with E-state index in [1.807, 2.05) is 30.3 Å². The first-order chi connectivity index (χ1) is 7.70. The van der Waals surface area contributed by atoms with Gasteiger partial charge in [0.1, 0.15) is 11.5 Å². The molecule has 82 valence electrons. The maximum Gasteiger partial charge on any atom is 0.119 e. The number of ether oxygens (including phenoxy) is 1. The highest BCUT2D eigenvalue weighted by Gasteiger charge is 2.04. The minimum atomic E-state index is 0.266. The fourth-order valence-electron chi connectivity index (χ4n) is 1.49. The second-order valence-corrected chi connectivity index (χ2v) is 4.25.